The van der Waals surface area contributed by atoms with Gasteiger partial charge >= 0.3 is 11.9 Å². The lowest BCUT2D eigenvalue weighted by Crippen LogP contribution is -2.24. The molecule has 7 heteroatoms. The summed E-state index contributed by atoms with van der Waals surface area (Å²) in [6.45, 7) is 7.93. The average Bonchev–Trinajstić information content (AvgIpc) is 2.64. The molecule has 0 amide bonds. The highest BCUT2D eigenvalue weighted by molar-refractivity contribution is 6.14. The van der Waals surface area contributed by atoms with Crippen LogP contribution in [0.15, 0.2) is 41.0 Å². The van der Waals surface area contributed by atoms with Crippen molar-refractivity contribution >= 4 is 28.4 Å². The zero-order valence-corrected chi connectivity index (χ0v) is 16.0. The van der Waals surface area contributed by atoms with Crippen LogP contribution in [0.2, 0.25) is 0 Å². The second-order valence-corrected chi connectivity index (χ2v) is 5.75. The second kappa shape index (κ2) is 9.02. The number of carbonyl (C=O) groups is 2. The minimum absolute atomic E-state index is 0.152. The number of anilines is 1. The minimum atomic E-state index is -0.732. The SMILES string of the molecule is CCOC(=O)C(=CN(CC)c1ccc2c(=O)[nH]ccc2c1C)C(=O)OCC. The van der Waals surface area contributed by atoms with Crippen molar-refractivity contribution in [2.24, 2.45) is 0 Å². The topological polar surface area (TPSA) is 88.7 Å². The van der Waals surface area contributed by atoms with Crippen LogP contribution in [0.5, 0.6) is 0 Å². The fraction of sp³-hybridized carbons (Fsp3) is 0.350. The molecule has 27 heavy (non-hydrogen) atoms. The predicted octanol–water partition coefficient (Wildman–Crippen LogP) is 2.67. The Morgan fingerprint density at radius 2 is 1.67 bits per heavy atom. The molecule has 144 valence electrons. The number of esters is 2. The molecule has 0 saturated heterocycles. The molecule has 2 aromatic rings. The molecule has 7 nitrogen and oxygen atoms in total. The van der Waals surface area contributed by atoms with Gasteiger partial charge in [0.15, 0.2) is 5.57 Å². The van der Waals surface area contributed by atoms with E-state index in [9.17, 15) is 14.4 Å². The lowest BCUT2D eigenvalue weighted by Gasteiger charge is -2.22. The molecule has 0 spiro atoms. The molecule has 0 bridgehead atoms. The molecule has 0 radical (unpaired) electrons. The first kappa shape index (κ1) is 20.2. The summed E-state index contributed by atoms with van der Waals surface area (Å²) in [5, 5.41) is 1.38. The Morgan fingerprint density at radius 3 is 2.22 bits per heavy atom. The minimum Gasteiger partial charge on any atom is -0.462 e. The molecule has 1 heterocycles. The number of nitrogens with zero attached hydrogens (tertiary/aromatic N) is 1. The van der Waals surface area contributed by atoms with Crippen molar-refractivity contribution in [3.8, 4) is 0 Å². The first-order valence-corrected chi connectivity index (χ1v) is 8.88. The van der Waals surface area contributed by atoms with E-state index in [1.54, 1.807) is 37.1 Å². The first-order valence-electron chi connectivity index (χ1n) is 8.88. The summed E-state index contributed by atoms with van der Waals surface area (Å²) in [6.07, 6.45) is 3.04. The number of hydrogen-bond acceptors (Lipinski definition) is 6. The molecule has 1 N–H and O–H groups in total. The molecule has 0 aliphatic rings. The molecule has 1 aromatic heterocycles. The fourth-order valence-corrected chi connectivity index (χ4v) is 2.81. The maximum absolute atomic E-state index is 12.2. The van der Waals surface area contributed by atoms with Crippen LogP contribution in [0.25, 0.3) is 10.8 Å². The smallest absolute Gasteiger partial charge is 0.347 e. The number of nitrogens with one attached hydrogen (secondary N) is 1. The van der Waals surface area contributed by atoms with Crippen LogP contribution >= 0.6 is 0 Å². The highest BCUT2D eigenvalue weighted by atomic mass is 16.6. The number of H-pyrrole nitrogens is 1. The van der Waals surface area contributed by atoms with Crippen molar-refractivity contribution in [3.63, 3.8) is 0 Å². The van der Waals surface area contributed by atoms with E-state index in [2.05, 4.69) is 4.98 Å². The monoisotopic (exact) mass is 372 g/mol. The van der Waals surface area contributed by atoms with Crippen LogP contribution in [-0.4, -0.2) is 36.7 Å². The Hall–Kier alpha value is -3.09. The van der Waals surface area contributed by atoms with E-state index in [-0.39, 0.29) is 24.3 Å². The number of hydrogen-bond donors (Lipinski definition) is 1. The Balaban J connectivity index is 2.56. The van der Waals surface area contributed by atoms with Gasteiger partial charge in [0.05, 0.1) is 13.2 Å². The van der Waals surface area contributed by atoms with E-state index in [4.69, 9.17) is 9.47 Å². The van der Waals surface area contributed by atoms with Crippen molar-refractivity contribution in [1.82, 2.24) is 4.98 Å². The number of aromatic nitrogens is 1. The van der Waals surface area contributed by atoms with Gasteiger partial charge in [-0.2, -0.15) is 0 Å². The van der Waals surface area contributed by atoms with Gasteiger partial charge in [0.2, 0.25) is 0 Å². The fourth-order valence-electron chi connectivity index (χ4n) is 2.81. The quantitative estimate of drug-likeness (QED) is 0.348. The zero-order chi connectivity index (χ0) is 20.0. The van der Waals surface area contributed by atoms with Crippen molar-refractivity contribution in [1.29, 1.82) is 0 Å². The van der Waals surface area contributed by atoms with E-state index >= 15 is 0 Å². The molecule has 0 aliphatic carbocycles. The van der Waals surface area contributed by atoms with Gasteiger partial charge < -0.3 is 19.4 Å². The molecule has 0 atom stereocenters. The van der Waals surface area contributed by atoms with Crippen molar-refractivity contribution < 1.29 is 19.1 Å². The Morgan fingerprint density at radius 1 is 1.04 bits per heavy atom. The molecule has 0 saturated carbocycles. The summed E-state index contributed by atoms with van der Waals surface area (Å²) >= 11 is 0. The van der Waals surface area contributed by atoms with Gasteiger partial charge in [-0.25, -0.2) is 9.59 Å². The van der Waals surface area contributed by atoms with E-state index in [1.807, 2.05) is 19.9 Å². The van der Waals surface area contributed by atoms with Crippen LogP contribution < -0.4 is 10.5 Å². The number of ether oxygens (including phenoxy) is 2. The lowest BCUT2D eigenvalue weighted by molar-refractivity contribution is -0.146. The number of pyridine rings is 1. The maximum Gasteiger partial charge on any atom is 0.347 e. The highest BCUT2D eigenvalue weighted by Crippen LogP contribution is 2.27. The van der Waals surface area contributed by atoms with E-state index in [1.165, 1.54) is 6.20 Å². The van der Waals surface area contributed by atoms with Gasteiger partial charge in [0.25, 0.3) is 5.56 Å². The summed E-state index contributed by atoms with van der Waals surface area (Å²) in [5.41, 5.74) is 1.30. The molecule has 0 aliphatic heterocycles. The second-order valence-electron chi connectivity index (χ2n) is 5.75. The predicted molar refractivity (Wildman–Crippen MR) is 104 cm³/mol. The van der Waals surface area contributed by atoms with Crippen LogP contribution in [0.3, 0.4) is 0 Å². The molecule has 0 fully saturated rings. The highest BCUT2D eigenvalue weighted by Gasteiger charge is 2.23. The molecule has 0 unspecified atom stereocenters. The standard InChI is InChI=1S/C20H24N2O5/c1-5-22(12-16(19(24)26-6-2)20(25)27-7-3)17-9-8-15-14(13(17)4)10-11-21-18(15)23/h8-12H,5-7H2,1-4H3,(H,21,23). The van der Waals surface area contributed by atoms with Crippen LogP contribution in [0.4, 0.5) is 5.69 Å². The van der Waals surface area contributed by atoms with E-state index in [0.717, 1.165) is 16.6 Å². The van der Waals surface area contributed by atoms with E-state index < -0.39 is 11.9 Å². The third kappa shape index (κ3) is 4.36. The zero-order valence-electron chi connectivity index (χ0n) is 16.0. The van der Waals surface area contributed by atoms with Gasteiger partial charge in [0, 0.05) is 30.0 Å². The van der Waals surface area contributed by atoms with Crippen LogP contribution in [0, 0.1) is 6.92 Å². The average molecular weight is 372 g/mol. The van der Waals surface area contributed by atoms with Gasteiger partial charge in [-0.15, -0.1) is 0 Å². The van der Waals surface area contributed by atoms with E-state index in [0.29, 0.717) is 11.9 Å². The number of aromatic amines is 1. The molecular weight excluding hydrogens is 348 g/mol. The van der Waals surface area contributed by atoms with Gasteiger partial charge in [-0.3, -0.25) is 4.79 Å². The number of rotatable bonds is 7. The summed E-state index contributed by atoms with van der Waals surface area (Å²) < 4.78 is 9.98. The van der Waals surface area contributed by atoms with Crippen molar-refractivity contribution in [2.45, 2.75) is 27.7 Å². The molecule has 1 aromatic carbocycles. The Bertz CT molecular complexity index is 910. The Labute approximate surface area is 157 Å². The van der Waals surface area contributed by atoms with Gasteiger partial charge in [-0.1, -0.05) is 0 Å². The molecular formula is C20H24N2O5. The third-order valence-electron chi connectivity index (χ3n) is 4.12. The van der Waals surface area contributed by atoms with Crippen molar-refractivity contribution in [3.05, 3.63) is 52.1 Å². The number of benzene rings is 1. The first-order chi connectivity index (χ1) is 12.9. The normalized spacial score (nSPS) is 10.4. The number of fused-ring (bicyclic) bond motifs is 1. The summed E-state index contributed by atoms with van der Waals surface area (Å²) in [5.74, 6) is -1.46. The van der Waals surface area contributed by atoms with Crippen molar-refractivity contribution in [2.75, 3.05) is 24.7 Å². The summed E-state index contributed by atoms with van der Waals surface area (Å²) in [7, 11) is 0. The molecule has 2 rings (SSSR count). The lowest BCUT2D eigenvalue weighted by atomic mass is 10.0. The third-order valence-corrected chi connectivity index (χ3v) is 4.12. The van der Waals surface area contributed by atoms with Gasteiger partial charge in [0.1, 0.15) is 0 Å². The van der Waals surface area contributed by atoms with Crippen LogP contribution in [-0.2, 0) is 19.1 Å². The Kier molecular flexibility index (Phi) is 6.76. The number of carbonyl (C=O) groups excluding carboxylic acids is 2. The number of aryl methyl sites for hydroxylation is 1. The summed E-state index contributed by atoms with van der Waals surface area (Å²) in [4.78, 5) is 40.8. The largest absolute Gasteiger partial charge is 0.462 e. The van der Waals surface area contributed by atoms with Gasteiger partial charge in [-0.05, 0) is 56.8 Å². The van der Waals surface area contributed by atoms with Crippen LogP contribution in [0.1, 0.15) is 26.3 Å². The summed E-state index contributed by atoms with van der Waals surface area (Å²) in [6, 6.07) is 5.34. The maximum atomic E-state index is 12.2.